The summed E-state index contributed by atoms with van der Waals surface area (Å²) in [5, 5.41) is 0. The third-order valence-electron chi connectivity index (χ3n) is 5.10. The van der Waals surface area contributed by atoms with Crippen LogP contribution in [0.2, 0.25) is 0 Å². The molecule has 1 aromatic rings. The Morgan fingerprint density at radius 2 is 2.25 bits per heavy atom. The molecule has 0 saturated carbocycles. The van der Waals surface area contributed by atoms with Gasteiger partial charge in [0.05, 0.1) is 6.26 Å². The summed E-state index contributed by atoms with van der Waals surface area (Å²) in [6.07, 6.45) is 8.09. The van der Waals surface area contributed by atoms with Gasteiger partial charge in [-0.1, -0.05) is 25.5 Å². The first-order valence-electron chi connectivity index (χ1n) is 6.38. The molecule has 0 aliphatic heterocycles. The van der Waals surface area contributed by atoms with Crippen LogP contribution in [-0.2, 0) is 6.42 Å². The van der Waals surface area contributed by atoms with E-state index in [9.17, 15) is 0 Å². The van der Waals surface area contributed by atoms with Gasteiger partial charge in [0, 0.05) is 5.92 Å². The zero-order chi connectivity index (χ0) is 11.3. The number of aryl methyl sites for hydroxylation is 1. The maximum Gasteiger partial charge on any atom is 0.114 e. The van der Waals surface area contributed by atoms with Gasteiger partial charge in [0.2, 0.25) is 0 Å². The molecular weight excluding hydrogens is 196 g/mol. The van der Waals surface area contributed by atoms with Gasteiger partial charge in [-0.2, -0.15) is 0 Å². The number of furan rings is 1. The summed E-state index contributed by atoms with van der Waals surface area (Å²) in [7, 11) is 0. The zero-order valence-electron chi connectivity index (χ0n) is 10.4. The summed E-state index contributed by atoms with van der Waals surface area (Å²) in [6, 6.07) is 2.16. The average molecular weight is 216 g/mol. The predicted octanol–water partition coefficient (Wildman–Crippen LogP) is 4.30. The van der Waals surface area contributed by atoms with Crippen molar-refractivity contribution in [2.24, 2.45) is 11.3 Å². The predicted molar refractivity (Wildman–Crippen MR) is 65.4 cm³/mol. The first-order valence-corrected chi connectivity index (χ1v) is 6.38. The van der Waals surface area contributed by atoms with Crippen molar-refractivity contribution in [3.8, 4) is 0 Å². The third kappa shape index (κ3) is 1.17. The van der Waals surface area contributed by atoms with Crippen LogP contribution < -0.4 is 0 Å². The topological polar surface area (TPSA) is 13.1 Å². The highest BCUT2D eigenvalue weighted by atomic mass is 16.3. The standard InChI is InChI=1S/C15H20O/c1-10-9-13-11(2)15(10,3)7-4-5-12-6-8-16-14(12)13/h6,8-9,11,13H,4-5,7H2,1-3H3/t11-,13+,15-/m0/s1. The highest BCUT2D eigenvalue weighted by Gasteiger charge is 2.44. The van der Waals surface area contributed by atoms with Gasteiger partial charge < -0.3 is 4.42 Å². The summed E-state index contributed by atoms with van der Waals surface area (Å²) in [4.78, 5) is 0. The minimum Gasteiger partial charge on any atom is -0.468 e. The van der Waals surface area contributed by atoms with E-state index in [1.165, 1.54) is 30.6 Å². The number of hydrogen-bond acceptors (Lipinski definition) is 1. The van der Waals surface area contributed by atoms with Crippen molar-refractivity contribution in [1.82, 2.24) is 0 Å². The molecule has 1 heteroatoms. The molecule has 0 N–H and O–H groups in total. The van der Waals surface area contributed by atoms with Crippen molar-refractivity contribution in [2.75, 3.05) is 0 Å². The highest BCUT2D eigenvalue weighted by Crippen LogP contribution is 2.54. The number of rotatable bonds is 0. The summed E-state index contributed by atoms with van der Waals surface area (Å²) >= 11 is 0. The summed E-state index contributed by atoms with van der Waals surface area (Å²) in [6.45, 7) is 7.11. The van der Waals surface area contributed by atoms with Gasteiger partial charge in [-0.25, -0.2) is 0 Å². The molecule has 0 saturated heterocycles. The summed E-state index contributed by atoms with van der Waals surface area (Å²) in [5.74, 6) is 2.42. The second kappa shape index (κ2) is 3.26. The van der Waals surface area contributed by atoms with Crippen molar-refractivity contribution in [3.05, 3.63) is 35.3 Å². The van der Waals surface area contributed by atoms with Crippen LogP contribution in [0, 0.1) is 11.3 Å². The molecule has 1 heterocycles. The Morgan fingerprint density at radius 1 is 1.44 bits per heavy atom. The SMILES string of the molecule is CC1=C[C@H]2c3occc3CCC[C@]1(C)[C@H]2C. The molecule has 0 radical (unpaired) electrons. The van der Waals surface area contributed by atoms with Crippen LogP contribution in [0.3, 0.4) is 0 Å². The minimum absolute atomic E-state index is 0.398. The molecule has 3 atom stereocenters. The lowest BCUT2D eigenvalue weighted by Gasteiger charge is -2.35. The van der Waals surface area contributed by atoms with Crippen LogP contribution in [0.1, 0.15) is 50.9 Å². The van der Waals surface area contributed by atoms with Crippen LogP contribution >= 0.6 is 0 Å². The Hall–Kier alpha value is -0.980. The van der Waals surface area contributed by atoms with Crippen LogP contribution in [0.15, 0.2) is 28.4 Å². The van der Waals surface area contributed by atoms with E-state index < -0.39 is 0 Å². The molecule has 1 aromatic heterocycles. The van der Waals surface area contributed by atoms with Crippen molar-refractivity contribution < 1.29 is 4.42 Å². The maximum atomic E-state index is 5.74. The Labute approximate surface area is 97.5 Å². The number of hydrogen-bond donors (Lipinski definition) is 0. The lowest BCUT2D eigenvalue weighted by atomic mass is 9.69. The Morgan fingerprint density at radius 3 is 3.06 bits per heavy atom. The minimum atomic E-state index is 0.398. The van der Waals surface area contributed by atoms with Crippen molar-refractivity contribution in [1.29, 1.82) is 0 Å². The fourth-order valence-corrected chi connectivity index (χ4v) is 3.58. The largest absolute Gasteiger partial charge is 0.468 e. The average Bonchev–Trinajstić information content (AvgIpc) is 2.78. The first kappa shape index (κ1) is 10.2. The van der Waals surface area contributed by atoms with E-state index >= 15 is 0 Å². The van der Waals surface area contributed by atoms with Crippen LogP contribution in [-0.4, -0.2) is 0 Å². The fourth-order valence-electron chi connectivity index (χ4n) is 3.58. The third-order valence-corrected chi connectivity index (χ3v) is 5.10. The van der Waals surface area contributed by atoms with Crippen molar-refractivity contribution in [2.45, 2.75) is 46.0 Å². The molecule has 0 spiro atoms. The van der Waals surface area contributed by atoms with E-state index in [4.69, 9.17) is 4.42 Å². The molecule has 0 amide bonds. The molecule has 3 rings (SSSR count). The summed E-state index contributed by atoms with van der Waals surface area (Å²) in [5.41, 5.74) is 3.40. The van der Waals surface area contributed by atoms with Gasteiger partial charge >= 0.3 is 0 Å². The van der Waals surface area contributed by atoms with Gasteiger partial charge in [-0.15, -0.1) is 0 Å². The smallest absolute Gasteiger partial charge is 0.114 e. The first-order chi connectivity index (χ1) is 7.63. The van der Waals surface area contributed by atoms with Crippen molar-refractivity contribution >= 4 is 0 Å². The molecule has 16 heavy (non-hydrogen) atoms. The van der Waals surface area contributed by atoms with Gasteiger partial charge in [0.25, 0.3) is 0 Å². The lowest BCUT2D eigenvalue weighted by molar-refractivity contribution is 0.221. The number of allylic oxidation sites excluding steroid dienone is 2. The highest BCUT2D eigenvalue weighted by molar-refractivity contribution is 5.35. The van der Waals surface area contributed by atoms with Crippen molar-refractivity contribution in [3.63, 3.8) is 0 Å². The van der Waals surface area contributed by atoms with Gasteiger partial charge in [0.15, 0.2) is 0 Å². The van der Waals surface area contributed by atoms with E-state index in [1.54, 1.807) is 5.57 Å². The molecule has 0 fully saturated rings. The van der Waals surface area contributed by atoms with Crippen LogP contribution in [0.4, 0.5) is 0 Å². The molecule has 0 unspecified atom stereocenters. The van der Waals surface area contributed by atoms with E-state index in [1.807, 2.05) is 6.26 Å². The maximum absolute atomic E-state index is 5.74. The van der Waals surface area contributed by atoms with Gasteiger partial charge in [-0.05, 0) is 49.1 Å². The van der Waals surface area contributed by atoms with Gasteiger partial charge in [-0.3, -0.25) is 0 Å². The molecular formula is C15H20O. The molecule has 1 nitrogen and oxygen atoms in total. The molecule has 2 aliphatic rings. The lowest BCUT2D eigenvalue weighted by Crippen LogP contribution is -2.27. The Kier molecular flexibility index (Phi) is 2.07. The van der Waals surface area contributed by atoms with E-state index in [-0.39, 0.29) is 0 Å². The normalized spacial score (nSPS) is 37.6. The monoisotopic (exact) mass is 216 g/mol. The Bertz CT molecular complexity index is 440. The van der Waals surface area contributed by atoms with E-state index in [0.717, 1.165) is 0 Å². The fraction of sp³-hybridized carbons (Fsp3) is 0.600. The second-order valence-electron chi connectivity index (χ2n) is 5.75. The summed E-state index contributed by atoms with van der Waals surface area (Å²) < 4.78 is 5.74. The van der Waals surface area contributed by atoms with E-state index in [0.29, 0.717) is 17.3 Å². The Balaban J connectivity index is 2.13. The molecule has 2 aliphatic carbocycles. The zero-order valence-corrected chi connectivity index (χ0v) is 10.4. The van der Waals surface area contributed by atoms with E-state index in [2.05, 4.69) is 32.9 Å². The second-order valence-corrected chi connectivity index (χ2v) is 5.75. The molecule has 0 aromatic carbocycles. The van der Waals surface area contributed by atoms with Gasteiger partial charge in [0.1, 0.15) is 5.76 Å². The molecule has 2 bridgehead atoms. The number of fused-ring (bicyclic) bond motifs is 4. The van der Waals surface area contributed by atoms with Crippen LogP contribution in [0.5, 0.6) is 0 Å². The molecule has 86 valence electrons. The van der Waals surface area contributed by atoms with Crippen LogP contribution in [0.25, 0.3) is 0 Å². The quantitative estimate of drug-likeness (QED) is 0.589.